The SMILES string of the molecule is Cc1cc(N2CCN(S(C)(=O)=O)CC2)c(C(N)=S)c(C)n1. The van der Waals surface area contributed by atoms with Gasteiger partial charge in [0.25, 0.3) is 0 Å². The molecule has 21 heavy (non-hydrogen) atoms. The Morgan fingerprint density at radius 2 is 1.86 bits per heavy atom. The summed E-state index contributed by atoms with van der Waals surface area (Å²) in [6.45, 7) is 5.98. The summed E-state index contributed by atoms with van der Waals surface area (Å²) in [6, 6.07) is 1.96. The smallest absolute Gasteiger partial charge is 0.211 e. The minimum atomic E-state index is -3.13. The maximum Gasteiger partial charge on any atom is 0.211 e. The fourth-order valence-corrected chi connectivity index (χ4v) is 3.70. The molecule has 116 valence electrons. The Hall–Kier alpha value is -1.25. The molecular formula is C13H20N4O2S2. The van der Waals surface area contributed by atoms with Crippen molar-refractivity contribution in [2.75, 3.05) is 37.3 Å². The quantitative estimate of drug-likeness (QED) is 0.810. The molecule has 0 spiro atoms. The van der Waals surface area contributed by atoms with Gasteiger partial charge in [0.2, 0.25) is 10.0 Å². The minimum Gasteiger partial charge on any atom is -0.389 e. The van der Waals surface area contributed by atoms with Crippen LogP contribution >= 0.6 is 12.2 Å². The zero-order valence-electron chi connectivity index (χ0n) is 12.5. The van der Waals surface area contributed by atoms with Crippen molar-refractivity contribution in [1.29, 1.82) is 0 Å². The summed E-state index contributed by atoms with van der Waals surface area (Å²) < 4.78 is 24.6. The Bertz CT molecular complexity index is 665. The standard InChI is InChI=1S/C13H20N4O2S2/c1-9-8-11(12(13(14)20)10(2)15-9)16-4-6-17(7-5-16)21(3,18)19/h8H,4-7H2,1-3H3,(H2,14,20). The summed E-state index contributed by atoms with van der Waals surface area (Å²) in [5.74, 6) is 0. The zero-order chi connectivity index (χ0) is 15.8. The van der Waals surface area contributed by atoms with Crippen molar-refractivity contribution in [3.05, 3.63) is 23.0 Å². The number of piperazine rings is 1. The van der Waals surface area contributed by atoms with Crippen LogP contribution in [-0.4, -0.2) is 55.1 Å². The number of pyridine rings is 1. The highest BCUT2D eigenvalue weighted by Crippen LogP contribution is 2.25. The number of thiocarbonyl (C=S) groups is 1. The predicted molar refractivity (Wildman–Crippen MR) is 88.2 cm³/mol. The van der Waals surface area contributed by atoms with E-state index < -0.39 is 10.0 Å². The van der Waals surface area contributed by atoms with Crippen LogP contribution in [0.2, 0.25) is 0 Å². The van der Waals surface area contributed by atoms with Crippen molar-refractivity contribution in [1.82, 2.24) is 9.29 Å². The largest absolute Gasteiger partial charge is 0.389 e. The molecule has 1 aromatic rings. The highest BCUT2D eigenvalue weighted by atomic mass is 32.2. The molecule has 0 aromatic carbocycles. The first-order valence-electron chi connectivity index (χ1n) is 6.68. The van der Waals surface area contributed by atoms with Gasteiger partial charge < -0.3 is 10.6 Å². The van der Waals surface area contributed by atoms with Gasteiger partial charge in [-0.3, -0.25) is 4.98 Å². The third-order valence-electron chi connectivity index (χ3n) is 3.60. The molecule has 2 N–H and O–H groups in total. The number of hydrogen-bond donors (Lipinski definition) is 1. The lowest BCUT2D eigenvalue weighted by molar-refractivity contribution is 0.388. The molecule has 1 aliphatic heterocycles. The average molecular weight is 328 g/mol. The Morgan fingerprint density at radius 3 is 2.33 bits per heavy atom. The van der Waals surface area contributed by atoms with Crippen molar-refractivity contribution in [2.24, 2.45) is 5.73 Å². The summed E-state index contributed by atoms with van der Waals surface area (Å²) in [7, 11) is -3.13. The lowest BCUT2D eigenvalue weighted by atomic mass is 10.1. The highest BCUT2D eigenvalue weighted by molar-refractivity contribution is 7.88. The maximum atomic E-state index is 11.6. The van der Waals surface area contributed by atoms with Crippen LogP contribution in [0.15, 0.2) is 6.07 Å². The van der Waals surface area contributed by atoms with Gasteiger partial charge >= 0.3 is 0 Å². The van der Waals surface area contributed by atoms with E-state index in [0.29, 0.717) is 31.2 Å². The van der Waals surface area contributed by atoms with Crippen LogP contribution < -0.4 is 10.6 Å². The van der Waals surface area contributed by atoms with Gasteiger partial charge in [-0.05, 0) is 19.9 Å². The van der Waals surface area contributed by atoms with E-state index in [-0.39, 0.29) is 0 Å². The van der Waals surface area contributed by atoms with Crippen LogP contribution in [0, 0.1) is 13.8 Å². The van der Waals surface area contributed by atoms with Crippen molar-refractivity contribution >= 4 is 32.9 Å². The van der Waals surface area contributed by atoms with E-state index in [9.17, 15) is 8.42 Å². The van der Waals surface area contributed by atoms with E-state index in [1.165, 1.54) is 10.6 Å². The van der Waals surface area contributed by atoms with E-state index in [4.69, 9.17) is 18.0 Å². The Kier molecular flexibility index (Phi) is 4.50. The van der Waals surface area contributed by atoms with E-state index in [1.807, 2.05) is 19.9 Å². The van der Waals surface area contributed by atoms with Crippen LogP contribution in [-0.2, 0) is 10.0 Å². The number of hydrogen-bond acceptors (Lipinski definition) is 5. The van der Waals surface area contributed by atoms with E-state index in [0.717, 1.165) is 22.6 Å². The number of anilines is 1. The third-order valence-corrected chi connectivity index (χ3v) is 5.11. The number of sulfonamides is 1. The van der Waals surface area contributed by atoms with Crippen molar-refractivity contribution in [2.45, 2.75) is 13.8 Å². The third kappa shape index (κ3) is 3.50. The average Bonchev–Trinajstić information content (AvgIpc) is 2.36. The predicted octanol–water partition coefficient (Wildman–Crippen LogP) is 0.414. The first-order valence-corrected chi connectivity index (χ1v) is 8.94. The second-order valence-corrected chi connectivity index (χ2v) is 7.68. The maximum absolute atomic E-state index is 11.6. The van der Waals surface area contributed by atoms with Gasteiger partial charge in [-0.1, -0.05) is 12.2 Å². The summed E-state index contributed by atoms with van der Waals surface area (Å²) >= 11 is 5.14. The lowest BCUT2D eigenvalue weighted by Crippen LogP contribution is -2.48. The number of aromatic nitrogens is 1. The zero-order valence-corrected chi connectivity index (χ0v) is 14.1. The highest BCUT2D eigenvalue weighted by Gasteiger charge is 2.25. The van der Waals surface area contributed by atoms with Crippen LogP contribution in [0.4, 0.5) is 5.69 Å². The molecular weight excluding hydrogens is 308 g/mol. The molecule has 1 saturated heterocycles. The second-order valence-electron chi connectivity index (χ2n) is 5.26. The molecule has 0 saturated carbocycles. The van der Waals surface area contributed by atoms with Gasteiger partial charge in [0.05, 0.1) is 17.5 Å². The van der Waals surface area contributed by atoms with Gasteiger partial charge in [0.1, 0.15) is 4.99 Å². The second kappa shape index (κ2) is 5.86. The molecule has 2 heterocycles. The van der Waals surface area contributed by atoms with E-state index in [1.54, 1.807) is 0 Å². The van der Waals surface area contributed by atoms with Crippen molar-refractivity contribution < 1.29 is 8.42 Å². The van der Waals surface area contributed by atoms with Crippen LogP contribution in [0.5, 0.6) is 0 Å². The molecule has 1 aliphatic rings. The summed E-state index contributed by atoms with van der Waals surface area (Å²) in [5.41, 5.74) is 9.26. The lowest BCUT2D eigenvalue weighted by Gasteiger charge is -2.36. The molecule has 0 unspecified atom stereocenters. The van der Waals surface area contributed by atoms with Gasteiger partial charge in [-0.2, -0.15) is 4.31 Å². The molecule has 1 aromatic heterocycles. The van der Waals surface area contributed by atoms with Gasteiger partial charge in [0, 0.05) is 37.6 Å². The van der Waals surface area contributed by atoms with Gasteiger partial charge in [-0.25, -0.2) is 8.42 Å². The van der Waals surface area contributed by atoms with Crippen LogP contribution in [0.25, 0.3) is 0 Å². The molecule has 0 amide bonds. The van der Waals surface area contributed by atoms with Crippen LogP contribution in [0.1, 0.15) is 17.0 Å². The Morgan fingerprint density at radius 1 is 1.29 bits per heavy atom. The Balaban J connectivity index is 2.30. The molecule has 8 heteroatoms. The van der Waals surface area contributed by atoms with Crippen molar-refractivity contribution in [3.8, 4) is 0 Å². The molecule has 6 nitrogen and oxygen atoms in total. The molecule has 2 rings (SSSR count). The topological polar surface area (TPSA) is 79.5 Å². The number of aryl methyl sites for hydroxylation is 2. The molecule has 0 aliphatic carbocycles. The normalized spacial score (nSPS) is 17.0. The minimum absolute atomic E-state index is 0.320. The summed E-state index contributed by atoms with van der Waals surface area (Å²) in [6.07, 6.45) is 1.24. The molecule has 0 bridgehead atoms. The molecule has 0 atom stereocenters. The fourth-order valence-electron chi connectivity index (χ4n) is 2.62. The monoisotopic (exact) mass is 328 g/mol. The first-order chi connectivity index (χ1) is 9.70. The van der Waals surface area contributed by atoms with Gasteiger partial charge in [0.15, 0.2) is 0 Å². The molecule has 0 radical (unpaired) electrons. The van der Waals surface area contributed by atoms with E-state index in [2.05, 4.69) is 9.88 Å². The fraction of sp³-hybridized carbons (Fsp3) is 0.538. The summed E-state index contributed by atoms with van der Waals surface area (Å²) in [4.78, 5) is 6.85. The summed E-state index contributed by atoms with van der Waals surface area (Å²) in [5, 5.41) is 0. The number of rotatable bonds is 3. The first kappa shape index (κ1) is 16.1. The van der Waals surface area contributed by atoms with E-state index >= 15 is 0 Å². The number of nitrogens with two attached hydrogens (primary N) is 1. The van der Waals surface area contributed by atoms with Crippen molar-refractivity contribution in [3.63, 3.8) is 0 Å². The Labute approximate surface area is 131 Å². The number of nitrogens with zero attached hydrogens (tertiary/aromatic N) is 3. The molecule has 1 fully saturated rings. The van der Waals surface area contributed by atoms with Crippen LogP contribution in [0.3, 0.4) is 0 Å². The van der Waals surface area contributed by atoms with Gasteiger partial charge in [-0.15, -0.1) is 0 Å².